The minimum absolute atomic E-state index is 0.203. The van der Waals surface area contributed by atoms with Crippen LogP contribution in [-0.4, -0.2) is 13.0 Å². The summed E-state index contributed by atoms with van der Waals surface area (Å²) in [6, 6.07) is 18.9. The minimum Gasteiger partial charge on any atom is -0.496 e. The monoisotopic (exact) mass is 325 g/mol. The summed E-state index contributed by atoms with van der Waals surface area (Å²) in [5, 5.41) is 5.53. The molecule has 0 aliphatic heterocycles. The van der Waals surface area contributed by atoms with Crippen LogP contribution in [0.5, 0.6) is 5.75 Å². The fourth-order valence-corrected chi connectivity index (χ4v) is 2.82. The lowest BCUT2D eigenvalue weighted by Crippen LogP contribution is -2.23. The van der Waals surface area contributed by atoms with Gasteiger partial charge in [0, 0.05) is 12.1 Å². The molecule has 0 atom stereocenters. The van der Waals surface area contributed by atoms with Crippen molar-refractivity contribution in [3.05, 3.63) is 76.8 Å². The molecule has 0 aliphatic rings. The molecule has 3 aromatic rings. The Balaban J connectivity index is 1.90. The first-order valence-corrected chi connectivity index (χ1v) is 7.66. The van der Waals surface area contributed by atoms with Crippen LogP contribution in [0.4, 0.5) is 0 Å². The number of rotatable bonds is 4. The molecule has 0 fully saturated rings. The van der Waals surface area contributed by atoms with E-state index in [1.165, 1.54) is 0 Å². The third kappa shape index (κ3) is 3.15. The maximum absolute atomic E-state index is 12.3. The van der Waals surface area contributed by atoms with Gasteiger partial charge >= 0.3 is 0 Å². The van der Waals surface area contributed by atoms with Crippen LogP contribution in [0.25, 0.3) is 10.8 Å². The quantitative estimate of drug-likeness (QED) is 0.770. The lowest BCUT2D eigenvalue weighted by Gasteiger charge is -2.13. The number of methoxy groups -OCH3 is 1. The second-order valence-electron chi connectivity index (χ2n) is 5.13. The van der Waals surface area contributed by atoms with Gasteiger partial charge in [-0.05, 0) is 29.0 Å². The number of amides is 1. The molecule has 0 unspecified atom stereocenters. The molecule has 3 nitrogen and oxygen atoms in total. The van der Waals surface area contributed by atoms with E-state index in [4.69, 9.17) is 16.3 Å². The van der Waals surface area contributed by atoms with Gasteiger partial charge in [0.05, 0.1) is 17.7 Å². The molecule has 1 N–H and O–H groups in total. The zero-order valence-electron chi connectivity index (χ0n) is 12.7. The Morgan fingerprint density at radius 2 is 1.78 bits per heavy atom. The van der Waals surface area contributed by atoms with Gasteiger partial charge in [-0.15, -0.1) is 0 Å². The SMILES string of the molecule is COc1ccc2ccccc2c1CNC(=O)c1ccccc1Cl. The fraction of sp³-hybridized carbons (Fsp3) is 0.105. The van der Waals surface area contributed by atoms with Crippen LogP contribution >= 0.6 is 11.6 Å². The van der Waals surface area contributed by atoms with Crippen molar-refractivity contribution in [3.63, 3.8) is 0 Å². The molecule has 0 saturated carbocycles. The second-order valence-corrected chi connectivity index (χ2v) is 5.54. The number of carbonyl (C=O) groups is 1. The molecule has 0 bridgehead atoms. The normalized spacial score (nSPS) is 10.5. The van der Waals surface area contributed by atoms with Crippen LogP contribution in [0.1, 0.15) is 15.9 Å². The molecular weight excluding hydrogens is 310 g/mol. The van der Waals surface area contributed by atoms with Gasteiger partial charge in [-0.1, -0.05) is 54.1 Å². The Kier molecular flexibility index (Phi) is 4.49. The molecule has 0 saturated heterocycles. The molecular formula is C19H16ClNO2. The van der Waals surface area contributed by atoms with Crippen molar-refractivity contribution in [2.45, 2.75) is 6.54 Å². The van der Waals surface area contributed by atoms with E-state index < -0.39 is 0 Å². The van der Waals surface area contributed by atoms with E-state index in [2.05, 4.69) is 5.32 Å². The summed E-state index contributed by atoms with van der Waals surface area (Å²) in [5.74, 6) is 0.550. The minimum atomic E-state index is -0.203. The second kappa shape index (κ2) is 6.71. The van der Waals surface area contributed by atoms with Crippen LogP contribution in [0.2, 0.25) is 5.02 Å². The summed E-state index contributed by atoms with van der Waals surface area (Å²) >= 11 is 6.07. The molecule has 1 amide bonds. The molecule has 3 rings (SSSR count). The Morgan fingerprint density at radius 1 is 1.04 bits per heavy atom. The largest absolute Gasteiger partial charge is 0.496 e. The molecule has 0 aliphatic carbocycles. The van der Waals surface area contributed by atoms with Crippen LogP contribution in [0.15, 0.2) is 60.7 Å². The molecule has 3 aromatic carbocycles. The number of benzene rings is 3. The van der Waals surface area contributed by atoms with Crippen molar-refractivity contribution in [1.82, 2.24) is 5.32 Å². The summed E-state index contributed by atoms with van der Waals surface area (Å²) in [7, 11) is 1.63. The highest BCUT2D eigenvalue weighted by molar-refractivity contribution is 6.33. The number of nitrogens with one attached hydrogen (secondary N) is 1. The van der Waals surface area contributed by atoms with Crippen LogP contribution < -0.4 is 10.1 Å². The standard InChI is InChI=1S/C19H16ClNO2/c1-23-18-11-10-13-6-2-3-7-14(13)16(18)12-21-19(22)15-8-4-5-9-17(15)20/h2-11H,12H2,1H3,(H,21,22). The molecule has 4 heteroatoms. The first kappa shape index (κ1) is 15.4. The molecule has 116 valence electrons. The number of fused-ring (bicyclic) bond motifs is 1. The van der Waals surface area contributed by atoms with E-state index in [0.29, 0.717) is 17.1 Å². The number of halogens is 1. The maximum Gasteiger partial charge on any atom is 0.253 e. The van der Waals surface area contributed by atoms with Crippen LogP contribution in [0.3, 0.4) is 0 Å². The van der Waals surface area contributed by atoms with Crippen molar-refractivity contribution in [2.24, 2.45) is 0 Å². The number of ether oxygens (including phenoxy) is 1. The Labute approximate surface area is 139 Å². The molecule has 0 aromatic heterocycles. The van der Waals surface area contributed by atoms with Gasteiger partial charge in [-0.25, -0.2) is 0 Å². The molecule has 0 radical (unpaired) electrons. The average Bonchev–Trinajstić information content (AvgIpc) is 2.59. The Morgan fingerprint density at radius 3 is 2.57 bits per heavy atom. The van der Waals surface area contributed by atoms with Crippen molar-refractivity contribution in [1.29, 1.82) is 0 Å². The zero-order chi connectivity index (χ0) is 16.2. The highest BCUT2D eigenvalue weighted by Gasteiger charge is 2.12. The zero-order valence-corrected chi connectivity index (χ0v) is 13.4. The highest BCUT2D eigenvalue weighted by Crippen LogP contribution is 2.28. The fourth-order valence-electron chi connectivity index (χ4n) is 2.60. The number of hydrogen-bond donors (Lipinski definition) is 1. The van der Waals surface area contributed by atoms with Crippen LogP contribution in [0, 0.1) is 0 Å². The number of hydrogen-bond acceptors (Lipinski definition) is 2. The first-order valence-electron chi connectivity index (χ1n) is 7.28. The van der Waals surface area contributed by atoms with E-state index >= 15 is 0 Å². The van der Waals surface area contributed by atoms with Crippen molar-refractivity contribution in [2.75, 3.05) is 7.11 Å². The van der Waals surface area contributed by atoms with Gasteiger partial charge in [0.2, 0.25) is 0 Å². The lowest BCUT2D eigenvalue weighted by atomic mass is 10.0. The highest BCUT2D eigenvalue weighted by atomic mass is 35.5. The van der Waals surface area contributed by atoms with Crippen LogP contribution in [-0.2, 0) is 6.54 Å². The van der Waals surface area contributed by atoms with E-state index in [1.807, 2.05) is 36.4 Å². The predicted octanol–water partition coefficient (Wildman–Crippen LogP) is 4.43. The van der Waals surface area contributed by atoms with Gasteiger partial charge in [-0.2, -0.15) is 0 Å². The predicted molar refractivity (Wildman–Crippen MR) is 93.1 cm³/mol. The van der Waals surface area contributed by atoms with E-state index in [0.717, 1.165) is 22.1 Å². The number of carbonyl (C=O) groups excluding carboxylic acids is 1. The Bertz CT molecular complexity index is 861. The van der Waals surface area contributed by atoms with Gasteiger partial charge in [0.25, 0.3) is 5.91 Å². The third-order valence-electron chi connectivity index (χ3n) is 3.76. The van der Waals surface area contributed by atoms with Gasteiger partial charge in [-0.3, -0.25) is 4.79 Å². The molecule has 0 spiro atoms. The molecule has 0 heterocycles. The maximum atomic E-state index is 12.3. The van der Waals surface area contributed by atoms with E-state index in [-0.39, 0.29) is 5.91 Å². The van der Waals surface area contributed by atoms with E-state index in [9.17, 15) is 4.79 Å². The van der Waals surface area contributed by atoms with Gasteiger partial charge in [0.15, 0.2) is 0 Å². The first-order chi connectivity index (χ1) is 11.2. The summed E-state index contributed by atoms with van der Waals surface area (Å²) in [6.07, 6.45) is 0. The van der Waals surface area contributed by atoms with Gasteiger partial charge < -0.3 is 10.1 Å². The summed E-state index contributed by atoms with van der Waals surface area (Å²) in [5.41, 5.74) is 1.42. The Hall–Kier alpha value is -2.52. The summed E-state index contributed by atoms with van der Waals surface area (Å²) in [4.78, 5) is 12.3. The molecule has 23 heavy (non-hydrogen) atoms. The summed E-state index contributed by atoms with van der Waals surface area (Å²) in [6.45, 7) is 0.370. The van der Waals surface area contributed by atoms with Gasteiger partial charge in [0.1, 0.15) is 5.75 Å². The van der Waals surface area contributed by atoms with E-state index in [1.54, 1.807) is 31.4 Å². The lowest BCUT2D eigenvalue weighted by molar-refractivity contribution is 0.0951. The third-order valence-corrected chi connectivity index (χ3v) is 4.09. The smallest absolute Gasteiger partial charge is 0.253 e. The van der Waals surface area contributed by atoms with Crippen molar-refractivity contribution < 1.29 is 9.53 Å². The van der Waals surface area contributed by atoms with Crippen molar-refractivity contribution >= 4 is 28.3 Å². The summed E-state index contributed by atoms with van der Waals surface area (Å²) < 4.78 is 5.44. The van der Waals surface area contributed by atoms with Crippen molar-refractivity contribution in [3.8, 4) is 5.75 Å². The topological polar surface area (TPSA) is 38.3 Å². The average molecular weight is 326 g/mol.